The molecule has 2 aromatic rings. The summed E-state index contributed by atoms with van der Waals surface area (Å²) < 4.78 is 10.7. The number of rotatable bonds is 6. The Hall–Kier alpha value is -1.59. The number of halogens is 1. The molecule has 1 aromatic heterocycles. The average molecular weight is 545 g/mol. The van der Waals surface area contributed by atoms with Crippen LogP contribution in [0.4, 0.5) is 0 Å². The molecule has 0 atom stereocenters. The maximum atomic E-state index is 5.42. The molecule has 0 bridgehead atoms. The van der Waals surface area contributed by atoms with Crippen molar-refractivity contribution in [3.8, 4) is 11.5 Å². The largest absolute Gasteiger partial charge is 0.493 e. The lowest BCUT2D eigenvalue weighted by Gasteiger charge is -2.36. The molecule has 1 aliphatic rings. The van der Waals surface area contributed by atoms with Crippen molar-refractivity contribution in [1.29, 1.82) is 0 Å². The molecule has 1 fully saturated rings. The number of hydrogen-bond donors (Lipinski definition) is 1. The van der Waals surface area contributed by atoms with Gasteiger partial charge in [0.05, 0.1) is 26.5 Å². The van der Waals surface area contributed by atoms with Gasteiger partial charge >= 0.3 is 0 Å². The summed E-state index contributed by atoms with van der Waals surface area (Å²) in [5.41, 5.74) is 2.35. The van der Waals surface area contributed by atoms with Crippen molar-refractivity contribution in [2.24, 2.45) is 4.99 Å². The SMILES string of the molecule is CN=C(NCc1nc(C)c(C)s1)N1CCN(Cc2ccc(OC)c(OC)c2)CC1.I. The number of nitrogens with zero attached hydrogens (tertiary/aromatic N) is 4. The standard InChI is InChI=1S/C21H31N5O2S.HI/c1-15-16(2)29-20(24-15)13-23-21(22-3)26-10-8-25(9-11-26)14-17-6-7-18(27-4)19(12-17)28-5;/h6-7,12H,8-11,13-14H2,1-5H3,(H,22,23);1H. The molecule has 1 saturated heterocycles. The van der Waals surface area contributed by atoms with E-state index in [1.54, 1.807) is 25.6 Å². The topological polar surface area (TPSA) is 62.2 Å². The lowest BCUT2D eigenvalue weighted by molar-refractivity contribution is 0.172. The first-order chi connectivity index (χ1) is 14.0. The Labute approximate surface area is 200 Å². The molecule has 0 saturated carbocycles. The highest BCUT2D eigenvalue weighted by atomic mass is 127. The second-order valence-electron chi connectivity index (χ2n) is 7.10. The summed E-state index contributed by atoms with van der Waals surface area (Å²) in [5, 5.41) is 4.57. The third-order valence-electron chi connectivity index (χ3n) is 5.21. The zero-order valence-corrected chi connectivity index (χ0v) is 21.5. The van der Waals surface area contributed by atoms with Crippen molar-refractivity contribution in [3.63, 3.8) is 0 Å². The van der Waals surface area contributed by atoms with E-state index in [4.69, 9.17) is 9.47 Å². The monoisotopic (exact) mass is 545 g/mol. The van der Waals surface area contributed by atoms with E-state index >= 15 is 0 Å². The van der Waals surface area contributed by atoms with Gasteiger partial charge in [0.25, 0.3) is 0 Å². The fraction of sp³-hybridized carbons (Fsp3) is 0.524. The van der Waals surface area contributed by atoms with Gasteiger partial charge in [0, 0.05) is 44.6 Å². The number of guanidine groups is 1. The zero-order chi connectivity index (χ0) is 20.8. The molecule has 0 amide bonds. The Kier molecular flexibility index (Phi) is 9.63. The van der Waals surface area contributed by atoms with E-state index in [-0.39, 0.29) is 24.0 Å². The number of ether oxygens (including phenoxy) is 2. The molecule has 1 aliphatic heterocycles. The van der Waals surface area contributed by atoms with Crippen LogP contribution >= 0.6 is 35.3 Å². The predicted octanol–water partition coefficient (Wildman–Crippen LogP) is 3.29. The Morgan fingerprint density at radius 3 is 2.40 bits per heavy atom. The fourth-order valence-electron chi connectivity index (χ4n) is 3.46. The van der Waals surface area contributed by atoms with Crippen LogP contribution in [0.3, 0.4) is 0 Å². The molecule has 0 radical (unpaired) electrons. The zero-order valence-electron chi connectivity index (χ0n) is 18.4. The highest BCUT2D eigenvalue weighted by molar-refractivity contribution is 14.0. The van der Waals surface area contributed by atoms with Crippen molar-refractivity contribution in [2.45, 2.75) is 26.9 Å². The Morgan fingerprint density at radius 1 is 1.13 bits per heavy atom. The normalized spacial score (nSPS) is 15.0. The molecule has 166 valence electrons. The molecule has 3 rings (SSSR count). The average Bonchev–Trinajstić information content (AvgIpc) is 3.06. The highest BCUT2D eigenvalue weighted by Crippen LogP contribution is 2.28. The van der Waals surface area contributed by atoms with E-state index in [1.807, 2.05) is 13.1 Å². The summed E-state index contributed by atoms with van der Waals surface area (Å²) in [6, 6.07) is 6.13. The molecular formula is C21H32IN5O2S. The van der Waals surface area contributed by atoms with E-state index < -0.39 is 0 Å². The molecule has 0 aliphatic carbocycles. The number of piperazine rings is 1. The minimum Gasteiger partial charge on any atom is -0.493 e. The number of hydrogen-bond acceptors (Lipinski definition) is 6. The number of thiazole rings is 1. The second kappa shape index (κ2) is 11.7. The van der Waals surface area contributed by atoms with Gasteiger partial charge in [-0.15, -0.1) is 35.3 Å². The number of methoxy groups -OCH3 is 2. The van der Waals surface area contributed by atoms with Crippen LogP contribution in [-0.4, -0.2) is 68.2 Å². The predicted molar refractivity (Wildman–Crippen MR) is 134 cm³/mol. The van der Waals surface area contributed by atoms with Crippen LogP contribution < -0.4 is 14.8 Å². The van der Waals surface area contributed by atoms with E-state index in [0.29, 0.717) is 0 Å². The van der Waals surface area contributed by atoms with Crippen LogP contribution in [0.2, 0.25) is 0 Å². The molecule has 1 aromatic carbocycles. The van der Waals surface area contributed by atoms with Gasteiger partial charge in [-0.1, -0.05) is 6.07 Å². The van der Waals surface area contributed by atoms with Crippen molar-refractivity contribution < 1.29 is 9.47 Å². The minimum absolute atomic E-state index is 0. The number of aromatic nitrogens is 1. The summed E-state index contributed by atoms with van der Waals surface area (Å²) >= 11 is 1.75. The summed E-state index contributed by atoms with van der Waals surface area (Å²) in [7, 11) is 5.18. The van der Waals surface area contributed by atoms with Crippen molar-refractivity contribution >= 4 is 41.3 Å². The van der Waals surface area contributed by atoms with Gasteiger partial charge in [0.2, 0.25) is 0 Å². The van der Waals surface area contributed by atoms with E-state index in [0.717, 1.165) is 67.4 Å². The van der Waals surface area contributed by atoms with Crippen LogP contribution in [0, 0.1) is 13.8 Å². The van der Waals surface area contributed by atoms with Crippen LogP contribution in [0.15, 0.2) is 23.2 Å². The van der Waals surface area contributed by atoms with Crippen molar-refractivity contribution in [3.05, 3.63) is 39.3 Å². The second-order valence-corrected chi connectivity index (χ2v) is 8.39. The number of aryl methyl sites for hydroxylation is 2. The summed E-state index contributed by atoms with van der Waals surface area (Å²) in [6.45, 7) is 9.67. The smallest absolute Gasteiger partial charge is 0.194 e. The number of nitrogens with one attached hydrogen (secondary N) is 1. The quantitative estimate of drug-likeness (QED) is 0.342. The van der Waals surface area contributed by atoms with E-state index in [1.165, 1.54) is 10.4 Å². The number of aliphatic imine (C=N–C) groups is 1. The first-order valence-electron chi connectivity index (χ1n) is 9.85. The maximum Gasteiger partial charge on any atom is 0.194 e. The van der Waals surface area contributed by atoms with Gasteiger partial charge in [-0.05, 0) is 31.5 Å². The van der Waals surface area contributed by atoms with Gasteiger partial charge in [-0.3, -0.25) is 9.89 Å². The van der Waals surface area contributed by atoms with Crippen LogP contribution in [-0.2, 0) is 13.1 Å². The molecule has 0 spiro atoms. The molecule has 9 heteroatoms. The van der Waals surface area contributed by atoms with Crippen LogP contribution in [0.25, 0.3) is 0 Å². The summed E-state index contributed by atoms with van der Waals surface area (Å²) in [4.78, 5) is 15.1. The lowest BCUT2D eigenvalue weighted by Crippen LogP contribution is -2.52. The Bertz CT molecular complexity index is 830. The lowest BCUT2D eigenvalue weighted by atomic mass is 10.1. The van der Waals surface area contributed by atoms with Gasteiger partial charge in [0.1, 0.15) is 5.01 Å². The first kappa shape index (κ1) is 24.7. The van der Waals surface area contributed by atoms with Crippen LogP contribution in [0.1, 0.15) is 21.1 Å². The van der Waals surface area contributed by atoms with Gasteiger partial charge < -0.3 is 19.7 Å². The third-order valence-corrected chi connectivity index (χ3v) is 6.28. The van der Waals surface area contributed by atoms with Crippen molar-refractivity contribution in [2.75, 3.05) is 47.4 Å². The fourth-order valence-corrected chi connectivity index (χ4v) is 4.33. The van der Waals surface area contributed by atoms with Gasteiger partial charge in [0.15, 0.2) is 17.5 Å². The van der Waals surface area contributed by atoms with Gasteiger partial charge in [-0.25, -0.2) is 4.98 Å². The third kappa shape index (κ3) is 6.21. The first-order valence-corrected chi connectivity index (χ1v) is 10.7. The maximum absolute atomic E-state index is 5.42. The number of benzene rings is 1. The molecule has 30 heavy (non-hydrogen) atoms. The van der Waals surface area contributed by atoms with E-state index in [2.05, 4.69) is 51.1 Å². The van der Waals surface area contributed by atoms with Gasteiger partial charge in [-0.2, -0.15) is 0 Å². The highest BCUT2D eigenvalue weighted by Gasteiger charge is 2.20. The summed E-state index contributed by atoms with van der Waals surface area (Å²) in [6.07, 6.45) is 0. The Balaban J connectivity index is 0.00000320. The molecule has 2 heterocycles. The van der Waals surface area contributed by atoms with Crippen LogP contribution in [0.5, 0.6) is 11.5 Å². The molecule has 0 unspecified atom stereocenters. The minimum atomic E-state index is 0. The molecular weight excluding hydrogens is 513 g/mol. The molecule has 1 N–H and O–H groups in total. The van der Waals surface area contributed by atoms with E-state index in [9.17, 15) is 0 Å². The Morgan fingerprint density at radius 2 is 1.83 bits per heavy atom. The van der Waals surface area contributed by atoms with Crippen molar-refractivity contribution in [1.82, 2.24) is 20.1 Å². The summed E-state index contributed by atoms with van der Waals surface area (Å²) in [5.74, 6) is 2.49. The molecule has 7 nitrogen and oxygen atoms in total.